The fraction of sp³-hybridized carbons (Fsp3) is 0.469. The van der Waals surface area contributed by atoms with Gasteiger partial charge in [-0.1, -0.05) is 38.1 Å². The van der Waals surface area contributed by atoms with E-state index < -0.39 is 11.5 Å². The third-order valence-electron chi connectivity index (χ3n) is 9.96. The van der Waals surface area contributed by atoms with Crippen LogP contribution in [-0.2, 0) is 16.1 Å². The quantitative estimate of drug-likeness (QED) is 0.539. The molecule has 40 heavy (non-hydrogen) atoms. The van der Waals surface area contributed by atoms with Gasteiger partial charge in [0.2, 0.25) is 5.95 Å². The number of imidazole rings is 1. The second-order valence-electron chi connectivity index (χ2n) is 12.5. The Hall–Kier alpha value is -3.49. The van der Waals surface area contributed by atoms with Crippen LogP contribution in [0.15, 0.2) is 71.2 Å². The van der Waals surface area contributed by atoms with Crippen molar-refractivity contribution in [2.24, 2.45) is 33.6 Å². The zero-order valence-corrected chi connectivity index (χ0v) is 23.6. The van der Waals surface area contributed by atoms with Crippen LogP contribution < -0.4 is 4.90 Å². The van der Waals surface area contributed by atoms with E-state index in [1.54, 1.807) is 12.3 Å². The second-order valence-corrected chi connectivity index (χ2v) is 12.5. The predicted octanol–water partition coefficient (Wildman–Crippen LogP) is 4.53. The molecule has 2 fully saturated rings. The Morgan fingerprint density at radius 3 is 2.73 bits per heavy atom. The molecule has 2 N–H and O–H groups in total. The lowest BCUT2D eigenvalue weighted by Crippen LogP contribution is -2.60. The normalized spacial score (nSPS) is 34.1. The summed E-state index contributed by atoms with van der Waals surface area (Å²) in [6.07, 6.45) is 13.1. The number of nitrogens with zero attached hydrogens (tertiary/aromatic N) is 4. The topological polar surface area (TPSA) is 100 Å². The number of carbonyl (C=O) groups excluding carboxylic acids is 1. The zero-order chi connectivity index (χ0) is 28.2. The number of esters is 1. The van der Waals surface area contributed by atoms with Gasteiger partial charge in [0.25, 0.3) is 0 Å². The van der Waals surface area contributed by atoms with Gasteiger partial charge in [0.05, 0.1) is 18.3 Å². The molecule has 8 nitrogen and oxygen atoms in total. The standard InChI is InChI=1S/C32H38N4O4/c1-31-12-11-28(38)32(2,19-37)27(31)17-26-24(18-36-14-13-33-30(36)34-26)25(31)10-7-21-16-23(40-29(21)39)15-20-5-8-22(9-6-20)35(3)4/h5-10,13-16,24-25,27-28,37-38H,11-12,17-19H2,1-4H3/b10-7+,23-15+/t24?,25?,27?,28-,31-,32+/m1/s1. The van der Waals surface area contributed by atoms with Crippen LogP contribution >= 0.6 is 0 Å². The van der Waals surface area contributed by atoms with Crippen LogP contribution in [0.25, 0.3) is 6.08 Å². The van der Waals surface area contributed by atoms with Crippen molar-refractivity contribution in [3.8, 4) is 0 Å². The second kappa shape index (κ2) is 9.85. The third-order valence-corrected chi connectivity index (χ3v) is 9.96. The molecule has 0 bridgehead atoms. The minimum Gasteiger partial charge on any atom is -0.423 e. The summed E-state index contributed by atoms with van der Waals surface area (Å²) in [6, 6.07) is 8.07. The highest BCUT2D eigenvalue weighted by Crippen LogP contribution is 2.61. The van der Waals surface area contributed by atoms with E-state index in [9.17, 15) is 15.0 Å². The summed E-state index contributed by atoms with van der Waals surface area (Å²) in [4.78, 5) is 24.3. The van der Waals surface area contributed by atoms with Crippen LogP contribution in [0.1, 0.15) is 38.7 Å². The van der Waals surface area contributed by atoms with Crippen molar-refractivity contribution >= 4 is 29.4 Å². The number of anilines is 1. The molecule has 4 aliphatic rings. The molecule has 6 atom stereocenters. The number of hydrogen-bond donors (Lipinski definition) is 2. The molecule has 1 aromatic carbocycles. The van der Waals surface area contributed by atoms with Crippen molar-refractivity contribution in [2.75, 3.05) is 25.6 Å². The average Bonchev–Trinajstić information content (AvgIpc) is 3.54. The Balaban J connectivity index is 1.34. The van der Waals surface area contributed by atoms with Gasteiger partial charge < -0.3 is 24.4 Å². The van der Waals surface area contributed by atoms with E-state index in [1.807, 2.05) is 68.5 Å². The molecule has 0 radical (unpaired) electrons. The zero-order valence-electron chi connectivity index (χ0n) is 23.6. The van der Waals surface area contributed by atoms with Crippen molar-refractivity contribution in [3.05, 3.63) is 71.8 Å². The lowest BCUT2D eigenvalue weighted by atomic mass is 9.45. The van der Waals surface area contributed by atoms with Crippen molar-refractivity contribution in [2.45, 2.75) is 45.8 Å². The minimum atomic E-state index is -0.636. The fourth-order valence-electron chi connectivity index (χ4n) is 7.48. The van der Waals surface area contributed by atoms with Crippen molar-refractivity contribution in [1.29, 1.82) is 0 Å². The van der Waals surface area contributed by atoms with Crippen LogP contribution in [-0.4, -0.2) is 58.3 Å². The number of carbonyl (C=O) groups is 1. The molecule has 1 aromatic heterocycles. The summed E-state index contributed by atoms with van der Waals surface area (Å²) in [5.74, 6) is 1.09. The molecule has 3 unspecified atom stereocenters. The summed E-state index contributed by atoms with van der Waals surface area (Å²) in [7, 11) is 4.00. The highest BCUT2D eigenvalue weighted by molar-refractivity contribution is 5.96. The molecule has 3 heterocycles. The van der Waals surface area contributed by atoms with E-state index in [0.717, 1.165) is 36.3 Å². The number of benzene rings is 1. The van der Waals surface area contributed by atoms with Gasteiger partial charge in [-0.2, -0.15) is 0 Å². The van der Waals surface area contributed by atoms with E-state index in [0.29, 0.717) is 23.7 Å². The fourth-order valence-corrected chi connectivity index (χ4v) is 7.48. The maximum atomic E-state index is 12.9. The smallest absolute Gasteiger partial charge is 0.343 e. The van der Waals surface area contributed by atoms with E-state index in [4.69, 9.17) is 9.73 Å². The van der Waals surface area contributed by atoms with Crippen LogP contribution in [0.5, 0.6) is 0 Å². The molecule has 8 heteroatoms. The number of ether oxygens (including phenoxy) is 1. The molecular weight excluding hydrogens is 504 g/mol. The molecule has 0 spiro atoms. The lowest BCUT2D eigenvalue weighted by Gasteiger charge is -2.61. The first-order chi connectivity index (χ1) is 19.1. The molecule has 2 aliphatic heterocycles. The summed E-state index contributed by atoms with van der Waals surface area (Å²) in [5, 5.41) is 21.5. The largest absolute Gasteiger partial charge is 0.423 e. The van der Waals surface area contributed by atoms with E-state index in [2.05, 4.69) is 22.6 Å². The van der Waals surface area contributed by atoms with E-state index in [-0.39, 0.29) is 35.7 Å². The Morgan fingerprint density at radius 2 is 2.00 bits per heavy atom. The van der Waals surface area contributed by atoms with Gasteiger partial charge in [-0.05, 0) is 66.4 Å². The molecule has 2 aromatic rings. The Bertz CT molecular complexity index is 1430. The van der Waals surface area contributed by atoms with E-state index in [1.165, 1.54) is 0 Å². The number of aliphatic hydroxyl groups excluding tert-OH is 2. The Morgan fingerprint density at radius 1 is 1.23 bits per heavy atom. The first kappa shape index (κ1) is 26.7. The van der Waals surface area contributed by atoms with Gasteiger partial charge >= 0.3 is 5.97 Å². The van der Waals surface area contributed by atoms with E-state index >= 15 is 0 Å². The average molecular weight is 543 g/mol. The van der Waals surface area contributed by atoms with Crippen LogP contribution in [0.4, 0.5) is 11.6 Å². The number of fused-ring (bicyclic) bond motifs is 3. The van der Waals surface area contributed by atoms with Gasteiger partial charge in [0.1, 0.15) is 5.76 Å². The Labute approximate surface area is 235 Å². The molecular formula is C32H38N4O4. The number of cyclic esters (lactones) is 1. The van der Waals surface area contributed by atoms with Crippen LogP contribution in [0.3, 0.4) is 0 Å². The number of allylic oxidation sites excluding steroid dienone is 2. The van der Waals surface area contributed by atoms with Gasteiger partial charge in [-0.25, -0.2) is 14.8 Å². The number of rotatable bonds is 5. The maximum absolute atomic E-state index is 12.9. The summed E-state index contributed by atoms with van der Waals surface area (Å²) < 4.78 is 7.69. The highest BCUT2D eigenvalue weighted by atomic mass is 16.5. The van der Waals surface area contributed by atoms with Crippen molar-refractivity contribution in [1.82, 2.24) is 9.55 Å². The molecule has 0 amide bonds. The molecule has 2 saturated carbocycles. The molecule has 6 rings (SSSR count). The van der Waals surface area contributed by atoms with Crippen molar-refractivity contribution in [3.63, 3.8) is 0 Å². The number of aliphatic imine (C=N–C) groups is 1. The summed E-state index contributed by atoms with van der Waals surface area (Å²) in [6.45, 7) is 4.97. The number of aliphatic hydroxyl groups is 2. The first-order valence-corrected chi connectivity index (χ1v) is 14.1. The van der Waals surface area contributed by atoms with Gasteiger partial charge in [0, 0.05) is 55.8 Å². The first-order valence-electron chi connectivity index (χ1n) is 14.1. The van der Waals surface area contributed by atoms with Crippen LogP contribution in [0, 0.1) is 28.6 Å². The minimum absolute atomic E-state index is 0.0324. The molecule has 0 saturated heterocycles. The monoisotopic (exact) mass is 542 g/mol. The van der Waals surface area contributed by atoms with Crippen LogP contribution in [0.2, 0.25) is 0 Å². The predicted molar refractivity (Wildman–Crippen MR) is 155 cm³/mol. The maximum Gasteiger partial charge on any atom is 0.343 e. The van der Waals surface area contributed by atoms with Crippen molar-refractivity contribution < 1.29 is 19.7 Å². The summed E-state index contributed by atoms with van der Waals surface area (Å²) in [5.41, 5.74) is 2.81. The van der Waals surface area contributed by atoms with Gasteiger partial charge in [-0.3, -0.25) is 0 Å². The number of hydrogen-bond acceptors (Lipinski definition) is 7. The summed E-state index contributed by atoms with van der Waals surface area (Å²) >= 11 is 0. The molecule has 210 valence electrons. The van der Waals surface area contributed by atoms with Gasteiger partial charge in [0.15, 0.2) is 0 Å². The SMILES string of the molecule is CN(C)c1ccc(/C=C2C=C(/C=C/C3C4Cn5ccnc5N=C4CC4[C@]3(C)CC[C@@H](O)[C@@]4(C)CO)C(=O)O\2)cc1. The number of aromatic nitrogens is 2. The third kappa shape index (κ3) is 4.34. The van der Waals surface area contributed by atoms with Gasteiger partial charge in [-0.15, -0.1) is 0 Å². The lowest BCUT2D eigenvalue weighted by molar-refractivity contribution is -0.147. The Kier molecular flexibility index (Phi) is 6.58. The molecule has 2 aliphatic carbocycles. The highest BCUT2D eigenvalue weighted by Gasteiger charge is 2.60.